The standard InChI is InChI=1S/C21H19Cl2N3O2/c1-13-10-16(14(2)26(13)17-8-9-18(22)19(23)11-17)12-24-25-21(28)20(27)15-6-4-3-5-7-15/h3-12,20,27H,1-2H3,(H,25,28)/b24-12-/t20-/m0/s1. The number of aromatic nitrogens is 1. The molecule has 7 heteroatoms. The molecule has 1 atom stereocenters. The van der Waals surface area contributed by atoms with E-state index in [2.05, 4.69) is 10.5 Å². The smallest absolute Gasteiger partial charge is 0.273 e. The topological polar surface area (TPSA) is 66.6 Å². The number of nitrogens with one attached hydrogen (secondary N) is 1. The lowest BCUT2D eigenvalue weighted by atomic mass is 10.1. The lowest BCUT2D eigenvalue weighted by molar-refractivity contribution is -0.129. The largest absolute Gasteiger partial charge is 0.378 e. The van der Waals surface area contributed by atoms with Crippen LogP contribution in [0.3, 0.4) is 0 Å². The quantitative estimate of drug-likeness (QED) is 0.472. The van der Waals surface area contributed by atoms with Crippen LogP contribution < -0.4 is 5.43 Å². The van der Waals surface area contributed by atoms with Gasteiger partial charge in [-0.3, -0.25) is 4.79 Å². The Morgan fingerprint density at radius 3 is 2.50 bits per heavy atom. The summed E-state index contributed by atoms with van der Waals surface area (Å²) in [6.07, 6.45) is 0.272. The zero-order chi connectivity index (χ0) is 20.3. The molecule has 0 saturated carbocycles. The highest BCUT2D eigenvalue weighted by atomic mass is 35.5. The molecule has 0 aliphatic rings. The summed E-state index contributed by atoms with van der Waals surface area (Å²) in [6, 6.07) is 16.1. The first kappa shape index (κ1) is 20.1. The van der Waals surface area contributed by atoms with Crippen molar-refractivity contribution in [1.29, 1.82) is 0 Å². The molecule has 2 N–H and O–H groups in total. The van der Waals surface area contributed by atoms with Crippen LogP contribution in [0.2, 0.25) is 10.0 Å². The van der Waals surface area contributed by atoms with Gasteiger partial charge in [0.1, 0.15) is 0 Å². The number of hydrogen-bond acceptors (Lipinski definition) is 3. The van der Waals surface area contributed by atoms with Gasteiger partial charge >= 0.3 is 0 Å². The third kappa shape index (κ3) is 4.28. The summed E-state index contributed by atoms with van der Waals surface area (Å²) in [7, 11) is 0. The molecule has 5 nitrogen and oxygen atoms in total. The van der Waals surface area contributed by atoms with Gasteiger partial charge in [-0.2, -0.15) is 5.10 Å². The maximum Gasteiger partial charge on any atom is 0.273 e. The van der Waals surface area contributed by atoms with Crippen molar-refractivity contribution in [2.75, 3.05) is 0 Å². The highest BCUT2D eigenvalue weighted by Gasteiger charge is 2.16. The number of aliphatic hydroxyl groups is 1. The fourth-order valence-corrected chi connectivity index (χ4v) is 3.25. The number of benzene rings is 2. The molecular formula is C21H19Cl2N3O2. The van der Waals surface area contributed by atoms with Crippen LogP contribution in [0.4, 0.5) is 0 Å². The zero-order valence-electron chi connectivity index (χ0n) is 15.4. The Morgan fingerprint density at radius 2 is 1.82 bits per heavy atom. The second-order valence-electron chi connectivity index (χ2n) is 6.31. The van der Waals surface area contributed by atoms with Crippen molar-refractivity contribution in [3.63, 3.8) is 0 Å². The van der Waals surface area contributed by atoms with Gasteiger partial charge in [0.15, 0.2) is 6.10 Å². The third-order valence-electron chi connectivity index (χ3n) is 4.37. The fourth-order valence-electron chi connectivity index (χ4n) is 2.95. The van der Waals surface area contributed by atoms with Crippen molar-refractivity contribution < 1.29 is 9.90 Å². The average molecular weight is 416 g/mol. The van der Waals surface area contributed by atoms with Crippen molar-refractivity contribution in [1.82, 2.24) is 9.99 Å². The number of aryl methyl sites for hydroxylation is 1. The third-order valence-corrected chi connectivity index (χ3v) is 5.11. The number of halogens is 2. The summed E-state index contributed by atoms with van der Waals surface area (Å²) in [5, 5.41) is 15.0. The normalized spacial score (nSPS) is 12.3. The Labute approximate surface area is 173 Å². The monoisotopic (exact) mass is 415 g/mol. The van der Waals surface area contributed by atoms with E-state index < -0.39 is 12.0 Å². The van der Waals surface area contributed by atoms with Crippen LogP contribution in [0.5, 0.6) is 0 Å². The van der Waals surface area contributed by atoms with Crippen molar-refractivity contribution in [3.8, 4) is 5.69 Å². The van der Waals surface area contributed by atoms with E-state index in [0.29, 0.717) is 15.6 Å². The summed E-state index contributed by atoms with van der Waals surface area (Å²) < 4.78 is 2.02. The number of aliphatic hydroxyl groups excluding tert-OH is 1. The summed E-state index contributed by atoms with van der Waals surface area (Å²) in [5.41, 5.74) is 6.50. The van der Waals surface area contributed by atoms with Crippen LogP contribution in [0, 0.1) is 13.8 Å². The molecule has 2 aromatic carbocycles. The highest BCUT2D eigenvalue weighted by Crippen LogP contribution is 2.27. The van der Waals surface area contributed by atoms with E-state index in [1.54, 1.807) is 42.6 Å². The molecule has 144 valence electrons. The van der Waals surface area contributed by atoms with Gasteiger partial charge in [0.05, 0.1) is 16.3 Å². The van der Waals surface area contributed by atoms with Crippen LogP contribution in [-0.2, 0) is 4.79 Å². The second-order valence-corrected chi connectivity index (χ2v) is 7.12. The summed E-state index contributed by atoms with van der Waals surface area (Å²) >= 11 is 12.1. The molecule has 3 aromatic rings. The number of hydrazone groups is 1. The number of nitrogens with zero attached hydrogens (tertiary/aromatic N) is 2. The first-order chi connectivity index (χ1) is 13.4. The maximum absolute atomic E-state index is 12.1. The van der Waals surface area contributed by atoms with Gasteiger partial charge in [0, 0.05) is 22.6 Å². The van der Waals surface area contributed by atoms with Gasteiger partial charge in [-0.1, -0.05) is 53.5 Å². The Morgan fingerprint density at radius 1 is 1.11 bits per heavy atom. The Hall–Kier alpha value is -2.60. The highest BCUT2D eigenvalue weighted by molar-refractivity contribution is 6.42. The van der Waals surface area contributed by atoms with Crippen molar-refractivity contribution in [2.24, 2.45) is 5.10 Å². The van der Waals surface area contributed by atoms with Crippen LogP contribution in [0.15, 0.2) is 59.7 Å². The zero-order valence-corrected chi connectivity index (χ0v) is 16.9. The van der Waals surface area contributed by atoms with Gasteiger partial charge in [-0.25, -0.2) is 5.43 Å². The Bertz CT molecular complexity index is 1030. The van der Waals surface area contributed by atoms with E-state index in [-0.39, 0.29) is 0 Å². The molecule has 0 saturated heterocycles. The predicted octanol–water partition coefficient (Wildman–Crippen LogP) is 4.58. The molecule has 0 aliphatic carbocycles. The maximum atomic E-state index is 12.1. The van der Waals surface area contributed by atoms with Crippen LogP contribution in [0.25, 0.3) is 5.69 Å². The molecule has 28 heavy (non-hydrogen) atoms. The average Bonchev–Trinajstić information content (AvgIpc) is 2.97. The number of amides is 1. The second kappa shape index (κ2) is 8.61. The minimum Gasteiger partial charge on any atom is -0.378 e. The molecule has 0 unspecified atom stereocenters. The van der Waals surface area contributed by atoms with Gasteiger partial charge in [0.2, 0.25) is 0 Å². The Kier molecular flexibility index (Phi) is 6.19. The van der Waals surface area contributed by atoms with Gasteiger partial charge < -0.3 is 9.67 Å². The van der Waals surface area contributed by atoms with E-state index in [0.717, 1.165) is 22.6 Å². The van der Waals surface area contributed by atoms with Gasteiger partial charge in [-0.05, 0) is 43.7 Å². The van der Waals surface area contributed by atoms with Crippen LogP contribution in [-0.4, -0.2) is 21.8 Å². The molecular weight excluding hydrogens is 397 g/mol. The van der Waals surface area contributed by atoms with Crippen molar-refractivity contribution in [3.05, 3.63) is 87.2 Å². The molecule has 0 radical (unpaired) electrons. The number of carbonyl (C=O) groups excluding carboxylic acids is 1. The Balaban J connectivity index is 1.76. The van der Waals surface area contributed by atoms with Crippen LogP contribution >= 0.6 is 23.2 Å². The molecule has 1 aromatic heterocycles. The van der Waals surface area contributed by atoms with Gasteiger partial charge in [0.25, 0.3) is 5.91 Å². The number of hydrogen-bond donors (Lipinski definition) is 2. The lowest BCUT2D eigenvalue weighted by Gasteiger charge is -2.10. The van der Waals surface area contributed by atoms with Crippen molar-refractivity contribution >= 4 is 35.3 Å². The lowest BCUT2D eigenvalue weighted by Crippen LogP contribution is -2.25. The molecule has 0 spiro atoms. The molecule has 1 amide bonds. The molecule has 3 rings (SSSR count). The predicted molar refractivity (Wildman–Crippen MR) is 112 cm³/mol. The number of rotatable bonds is 5. The van der Waals surface area contributed by atoms with E-state index in [9.17, 15) is 9.90 Å². The van der Waals surface area contributed by atoms with E-state index in [4.69, 9.17) is 23.2 Å². The summed E-state index contributed by atoms with van der Waals surface area (Å²) in [5.74, 6) is -0.597. The summed E-state index contributed by atoms with van der Waals surface area (Å²) in [6.45, 7) is 3.90. The van der Waals surface area contributed by atoms with E-state index >= 15 is 0 Å². The number of carbonyl (C=O) groups is 1. The van der Waals surface area contributed by atoms with Crippen LogP contribution in [0.1, 0.15) is 28.6 Å². The molecule has 0 bridgehead atoms. The SMILES string of the molecule is Cc1cc(/C=N\NC(=O)[C@@H](O)c2ccccc2)c(C)n1-c1ccc(Cl)c(Cl)c1. The minimum atomic E-state index is -1.28. The van der Waals surface area contributed by atoms with Gasteiger partial charge in [-0.15, -0.1) is 0 Å². The first-order valence-electron chi connectivity index (χ1n) is 8.59. The fraction of sp³-hybridized carbons (Fsp3) is 0.143. The first-order valence-corrected chi connectivity index (χ1v) is 9.34. The minimum absolute atomic E-state index is 0.476. The molecule has 0 aliphatic heterocycles. The summed E-state index contributed by atoms with van der Waals surface area (Å²) in [4.78, 5) is 12.1. The van der Waals surface area contributed by atoms with Crippen molar-refractivity contribution in [2.45, 2.75) is 20.0 Å². The van der Waals surface area contributed by atoms with E-state index in [1.165, 1.54) is 0 Å². The molecule has 1 heterocycles. The van der Waals surface area contributed by atoms with E-state index in [1.807, 2.05) is 36.6 Å². The molecule has 0 fully saturated rings.